The molecule has 0 bridgehead atoms. The van der Waals surface area contributed by atoms with E-state index in [9.17, 15) is 0 Å². The molecule has 0 N–H and O–H groups in total. The van der Waals surface area contributed by atoms with Crippen LogP contribution >= 0.6 is 0 Å². The minimum absolute atomic E-state index is 0. The van der Waals surface area contributed by atoms with Gasteiger partial charge in [0.15, 0.2) is 0 Å². The molecular formula is SSeZn2. The van der Waals surface area contributed by atoms with Crippen LogP contribution in [0.3, 0.4) is 0 Å². The van der Waals surface area contributed by atoms with Gasteiger partial charge < -0.3 is 30.6 Å². The molecule has 0 aliphatic carbocycles. The predicted octanol–water partition coefficient (Wildman–Crippen LogP) is -0.388. The van der Waals surface area contributed by atoms with E-state index >= 15 is 0 Å². The Morgan fingerprint density at radius 1 is 0.750 bits per heavy atom. The molecule has 0 atom stereocenters. The third-order valence-corrected chi connectivity index (χ3v) is 0. The summed E-state index contributed by atoms with van der Waals surface area (Å²) in [6.45, 7) is 0. The zero-order chi connectivity index (χ0) is 0. The zero-order valence-corrected chi connectivity index (χ0v) is 10.7. The van der Waals surface area contributed by atoms with Crippen molar-refractivity contribution in [2.45, 2.75) is 0 Å². The summed E-state index contributed by atoms with van der Waals surface area (Å²) in [5, 5.41) is 0. The van der Waals surface area contributed by atoms with Gasteiger partial charge in [0.05, 0.1) is 0 Å². The Balaban J connectivity index is 0. The largest absolute Gasteiger partial charge is 2.00 e. The second-order valence-electron chi connectivity index (χ2n) is 0. The van der Waals surface area contributed by atoms with E-state index in [1.54, 1.807) is 0 Å². The first-order valence-corrected chi connectivity index (χ1v) is 0. The van der Waals surface area contributed by atoms with Crippen molar-refractivity contribution < 1.29 is 39.0 Å². The van der Waals surface area contributed by atoms with E-state index in [0.29, 0.717) is 0 Å². The first-order chi connectivity index (χ1) is 0. The number of hydrogen-bond acceptors (Lipinski definition) is 0. The summed E-state index contributed by atoms with van der Waals surface area (Å²) in [7, 11) is 0. The third-order valence-electron chi connectivity index (χ3n) is 0. The van der Waals surface area contributed by atoms with Gasteiger partial charge in [0, 0.05) is 0 Å². The first kappa shape index (κ1) is 35.7. The molecule has 0 heterocycles. The van der Waals surface area contributed by atoms with Crippen molar-refractivity contribution in [1.82, 2.24) is 0 Å². The van der Waals surface area contributed by atoms with E-state index in [1.165, 1.54) is 0 Å². The summed E-state index contributed by atoms with van der Waals surface area (Å²) < 4.78 is 0. The molecule has 0 aromatic heterocycles. The minimum Gasteiger partial charge on any atom is -2.00 e. The Bertz CT molecular complexity index is 6.00. The van der Waals surface area contributed by atoms with E-state index in [-0.39, 0.29) is 69.5 Å². The molecule has 0 aliphatic rings. The molecule has 0 amide bonds. The van der Waals surface area contributed by atoms with Gasteiger partial charge in [0.1, 0.15) is 0 Å². The van der Waals surface area contributed by atoms with Crippen molar-refractivity contribution in [1.29, 1.82) is 0 Å². The molecule has 4 heteroatoms. The van der Waals surface area contributed by atoms with Crippen LogP contribution in [0.4, 0.5) is 0 Å². The van der Waals surface area contributed by atoms with E-state index in [0.717, 1.165) is 0 Å². The van der Waals surface area contributed by atoms with Crippen LogP contribution in [-0.4, -0.2) is 17.1 Å². The van der Waals surface area contributed by atoms with Gasteiger partial charge in [-0.3, -0.25) is 0 Å². The monoisotopic (exact) mass is 240 g/mol. The number of rotatable bonds is 0. The fourth-order valence-corrected chi connectivity index (χ4v) is 0. The molecule has 0 aromatic carbocycles. The quantitative estimate of drug-likeness (QED) is 0.507. The Morgan fingerprint density at radius 2 is 0.750 bits per heavy atom. The Morgan fingerprint density at radius 3 is 0.750 bits per heavy atom. The molecule has 0 saturated carbocycles. The van der Waals surface area contributed by atoms with Crippen LogP contribution in [-0.2, 0) is 52.5 Å². The standard InChI is InChI=1S/S.Se.2Zn/q2*-2;2*+2. The fourth-order valence-electron chi connectivity index (χ4n) is 0. The van der Waals surface area contributed by atoms with Crippen LogP contribution in [0.25, 0.3) is 0 Å². The summed E-state index contributed by atoms with van der Waals surface area (Å²) in [4.78, 5) is 0. The number of hydrogen-bond donors (Lipinski definition) is 0. The van der Waals surface area contributed by atoms with Crippen molar-refractivity contribution in [2.24, 2.45) is 0 Å². The minimum atomic E-state index is 0. The fraction of sp³-hybridized carbons (Fsp3) is 0. The van der Waals surface area contributed by atoms with Crippen LogP contribution in [0.5, 0.6) is 0 Å². The molecule has 0 radical (unpaired) electrons. The second kappa shape index (κ2) is 19.4. The van der Waals surface area contributed by atoms with Crippen molar-refractivity contribution >= 4 is 30.6 Å². The van der Waals surface area contributed by atoms with Gasteiger partial charge in [-0.15, -0.1) is 0 Å². The van der Waals surface area contributed by atoms with Gasteiger partial charge in [-0.2, -0.15) is 0 Å². The SMILES string of the molecule is [S-2].[Se-2].[Zn+2].[Zn+2]. The summed E-state index contributed by atoms with van der Waals surface area (Å²) >= 11 is 0. The summed E-state index contributed by atoms with van der Waals surface area (Å²) in [5.74, 6) is 0. The van der Waals surface area contributed by atoms with Crippen molar-refractivity contribution in [3.63, 3.8) is 0 Å². The summed E-state index contributed by atoms with van der Waals surface area (Å²) in [6, 6.07) is 0. The van der Waals surface area contributed by atoms with Crippen molar-refractivity contribution in [3.8, 4) is 0 Å². The maximum absolute atomic E-state index is 0. The average molecular weight is 242 g/mol. The molecule has 0 saturated heterocycles. The Labute approximate surface area is 68.9 Å². The van der Waals surface area contributed by atoms with Gasteiger partial charge in [0.25, 0.3) is 0 Å². The summed E-state index contributed by atoms with van der Waals surface area (Å²) in [6.07, 6.45) is 0. The van der Waals surface area contributed by atoms with E-state index in [2.05, 4.69) is 0 Å². The molecular weight excluding hydrogens is 242 g/mol. The molecule has 16 valence electrons. The molecule has 0 rings (SSSR count). The molecule has 0 aliphatic heterocycles. The zero-order valence-electron chi connectivity index (χ0n) is 2.23. The van der Waals surface area contributed by atoms with Gasteiger partial charge in [-0.1, -0.05) is 0 Å². The molecule has 0 unspecified atom stereocenters. The topological polar surface area (TPSA) is 0 Å². The predicted molar refractivity (Wildman–Crippen MR) is 13.1 cm³/mol. The van der Waals surface area contributed by atoms with E-state index in [1.807, 2.05) is 0 Å². The van der Waals surface area contributed by atoms with E-state index in [4.69, 9.17) is 0 Å². The third kappa shape index (κ3) is 8.93. The second-order valence-corrected chi connectivity index (χ2v) is 0. The van der Waals surface area contributed by atoms with E-state index < -0.39 is 0 Å². The maximum atomic E-state index is 0. The molecule has 0 nitrogen and oxygen atoms in total. The van der Waals surface area contributed by atoms with Crippen LogP contribution in [0, 0.1) is 0 Å². The van der Waals surface area contributed by atoms with Crippen molar-refractivity contribution in [2.75, 3.05) is 0 Å². The molecule has 0 aromatic rings. The molecule has 4 heavy (non-hydrogen) atoms. The summed E-state index contributed by atoms with van der Waals surface area (Å²) in [5.41, 5.74) is 0. The first-order valence-electron chi connectivity index (χ1n) is 0. The Hall–Kier alpha value is 2.12. The molecule has 0 spiro atoms. The smallest absolute Gasteiger partial charge is 2.00 e. The van der Waals surface area contributed by atoms with Crippen LogP contribution in [0.1, 0.15) is 0 Å². The average Bonchev–Trinajstić information content (AvgIpc) is 0. The Kier molecular flexibility index (Phi) is 173. The molecule has 0 fully saturated rings. The van der Waals surface area contributed by atoms with Gasteiger partial charge >= 0.3 is 39.0 Å². The van der Waals surface area contributed by atoms with Gasteiger partial charge in [0.2, 0.25) is 0 Å². The van der Waals surface area contributed by atoms with Crippen molar-refractivity contribution in [3.05, 3.63) is 0 Å². The normalized spacial score (nSPS) is 0. The van der Waals surface area contributed by atoms with Crippen LogP contribution < -0.4 is 0 Å². The van der Waals surface area contributed by atoms with Crippen LogP contribution in [0.15, 0.2) is 0 Å². The van der Waals surface area contributed by atoms with Crippen LogP contribution in [0.2, 0.25) is 0 Å². The maximum Gasteiger partial charge on any atom is 2.00 e. The van der Waals surface area contributed by atoms with Gasteiger partial charge in [-0.05, 0) is 0 Å². The van der Waals surface area contributed by atoms with Gasteiger partial charge in [-0.25, -0.2) is 0 Å².